The van der Waals surface area contributed by atoms with E-state index in [-0.39, 0.29) is 17.5 Å². The van der Waals surface area contributed by atoms with Gasteiger partial charge in [0.1, 0.15) is 5.82 Å². The quantitative estimate of drug-likeness (QED) is 0.395. The van der Waals surface area contributed by atoms with Crippen molar-refractivity contribution >= 4 is 29.3 Å². The van der Waals surface area contributed by atoms with E-state index in [2.05, 4.69) is 15.5 Å². The van der Waals surface area contributed by atoms with E-state index in [0.29, 0.717) is 22.5 Å². The number of aromatic nitrogens is 3. The molecule has 0 bridgehead atoms. The van der Waals surface area contributed by atoms with E-state index in [1.165, 1.54) is 23.9 Å². The highest BCUT2D eigenvalue weighted by molar-refractivity contribution is 7.99. The van der Waals surface area contributed by atoms with Crippen LogP contribution >= 0.6 is 23.4 Å². The predicted octanol–water partition coefficient (Wildman–Crippen LogP) is 5.14. The van der Waals surface area contributed by atoms with Gasteiger partial charge in [-0.25, -0.2) is 4.39 Å². The Morgan fingerprint density at radius 1 is 0.968 bits per heavy atom. The summed E-state index contributed by atoms with van der Waals surface area (Å²) in [6, 6.07) is 23.1. The molecule has 156 valence electrons. The zero-order valence-electron chi connectivity index (χ0n) is 16.3. The molecule has 4 rings (SSSR count). The molecule has 1 heterocycles. The second-order valence-corrected chi connectivity index (χ2v) is 8.05. The maximum absolute atomic E-state index is 13.0. The highest BCUT2D eigenvalue weighted by Gasteiger charge is 2.17. The monoisotopic (exact) mass is 452 g/mol. The molecule has 1 N–H and O–H groups in total. The van der Waals surface area contributed by atoms with Crippen molar-refractivity contribution in [2.45, 2.75) is 11.7 Å². The van der Waals surface area contributed by atoms with Gasteiger partial charge in [-0.1, -0.05) is 65.8 Å². The van der Waals surface area contributed by atoms with Crippen LogP contribution in [-0.2, 0) is 11.3 Å². The molecule has 5 nitrogen and oxygen atoms in total. The molecular formula is C23H18ClFN4OS. The molecule has 8 heteroatoms. The molecule has 0 radical (unpaired) electrons. The van der Waals surface area contributed by atoms with Crippen molar-refractivity contribution in [1.29, 1.82) is 0 Å². The van der Waals surface area contributed by atoms with Crippen LogP contribution in [0.3, 0.4) is 0 Å². The summed E-state index contributed by atoms with van der Waals surface area (Å²) in [5.41, 5.74) is 2.59. The smallest absolute Gasteiger partial charge is 0.230 e. The van der Waals surface area contributed by atoms with Crippen molar-refractivity contribution in [1.82, 2.24) is 20.1 Å². The fourth-order valence-corrected chi connectivity index (χ4v) is 3.85. The van der Waals surface area contributed by atoms with Crippen molar-refractivity contribution in [3.05, 3.63) is 95.3 Å². The molecule has 1 aromatic heterocycles. The molecule has 0 atom stereocenters. The number of halogens is 2. The lowest BCUT2D eigenvalue weighted by molar-refractivity contribution is -0.118. The van der Waals surface area contributed by atoms with Crippen LogP contribution in [0, 0.1) is 5.82 Å². The van der Waals surface area contributed by atoms with Gasteiger partial charge in [-0.3, -0.25) is 9.36 Å². The standard InChI is InChI=1S/C23H18ClFN4OS/c24-18-8-12-20(13-9-18)29-22(17-4-2-1-3-5-17)27-28-23(29)31-15-21(30)26-14-16-6-10-19(25)11-7-16/h1-13H,14-15H2,(H,26,30). The third-order valence-corrected chi connectivity index (χ3v) is 5.67. The first-order chi connectivity index (χ1) is 15.1. The summed E-state index contributed by atoms with van der Waals surface area (Å²) in [7, 11) is 0. The lowest BCUT2D eigenvalue weighted by Crippen LogP contribution is -2.24. The largest absolute Gasteiger partial charge is 0.351 e. The predicted molar refractivity (Wildman–Crippen MR) is 121 cm³/mol. The minimum Gasteiger partial charge on any atom is -0.351 e. The SMILES string of the molecule is O=C(CSc1nnc(-c2ccccc2)n1-c1ccc(Cl)cc1)NCc1ccc(F)cc1. The fourth-order valence-electron chi connectivity index (χ4n) is 2.94. The van der Waals surface area contributed by atoms with Gasteiger partial charge in [0.2, 0.25) is 5.91 Å². The molecule has 0 fully saturated rings. The summed E-state index contributed by atoms with van der Waals surface area (Å²) in [5, 5.41) is 12.7. The van der Waals surface area contributed by atoms with Gasteiger partial charge >= 0.3 is 0 Å². The van der Waals surface area contributed by atoms with Crippen LogP contribution in [0.5, 0.6) is 0 Å². The molecule has 1 amide bonds. The summed E-state index contributed by atoms with van der Waals surface area (Å²) in [5.74, 6) is 0.390. The number of nitrogens with one attached hydrogen (secondary N) is 1. The third-order valence-electron chi connectivity index (χ3n) is 4.49. The molecule has 0 saturated carbocycles. The first kappa shape index (κ1) is 21.1. The number of amides is 1. The van der Waals surface area contributed by atoms with Crippen molar-refractivity contribution in [3.8, 4) is 17.1 Å². The third kappa shape index (κ3) is 5.31. The molecular weight excluding hydrogens is 435 g/mol. The van der Waals surface area contributed by atoms with E-state index >= 15 is 0 Å². The summed E-state index contributed by atoms with van der Waals surface area (Å²) in [4.78, 5) is 12.3. The molecule has 0 aliphatic heterocycles. The van der Waals surface area contributed by atoms with Gasteiger partial charge in [0.05, 0.1) is 5.75 Å². The number of carbonyl (C=O) groups excluding carboxylic acids is 1. The molecule has 0 aliphatic rings. The summed E-state index contributed by atoms with van der Waals surface area (Å²) >= 11 is 7.34. The Labute approximate surface area is 188 Å². The van der Waals surface area contributed by atoms with E-state index in [9.17, 15) is 9.18 Å². The number of carbonyl (C=O) groups is 1. The van der Waals surface area contributed by atoms with Crippen molar-refractivity contribution in [3.63, 3.8) is 0 Å². The van der Waals surface area contributed by atoms with Crippen LogP contribution in [0.4, 0.5) is 4.39 Å². The number of hydrogen-bond donors (Lipinski definition) is 1. The molecule has 4 aromatic rings. The normalized spacial score (nSPS) is 10.8. The first-order valence-electron chi connectivity index (χ1n) is 9.51. The van der Waals surface area contributed by atoms with Crippen molar-refractivity contribution in [2.75, 3.05) is 5.75 Å². The van der Waals surface area contributed by atoms with Gasteiger partial charge in [-0.15, -0.1) is 10.2 Å². The average molecular weight is 453 g/mol. The Morgan fingerprint density at radius 3 is 2.39 bits per heavy atom. The van der Waals surface area contributed by atoms with Gasteiger partial charge in [0, 0.05) is 22.8 Å². The van der Waals surface area contributed by atoms with Gasteiger partial charge < -0.3 is 5.32 Å². The zero-order valence-corrected chi connectivity index (χ0v) is 17.9. The van der Waals surface area contributed by atoms with Crippen LogP contribution in [0.15, 0.2) is 84.0 Å². The number of nitrogens with zero attached hydrogens (tertiary/aromatic N) is 3. The van der Waals surface area contributed by atoms with E-state index < -0.39 is 0 Å². The first-order valence-corrected chi connectivity index (χ1v) is 10.9. The zero-order chi connectivity index (χ0) is 21.6. The van der Waals surface area contributed by atoms with E-state index in [1.54, 1.807) is 24.3 Å². The number of benzene rings is 3. The Morgan fingerprint density at radius 2 is 1.68 bits per heavy atom. The van der Waals surface area contributed by atoms with Gasteiger partial charge in [-0.05, 0) is 42.0 Å². The maximum atomic E-state index is 13.0. The maximum Gasteiger partial charge on any atom is 0.230 e. The summed E-state index contributed by atoms with van der Waals surface area (Å²) in [6.07, 6.45) is 0. The molecule has 0 aliphatic carbocycles. The lowest BCUT2D eigenvalue weighted by atomic mass is 10.2. The Balaban J connectivity index is 1.51. The number of hydrogen-bond acceptors (Lipinski definition) is 4. The molecule has 3 aromatic carbocycles. The topological polar surface area (TPSA) is 59.8 Å². The second kappa shape index (κ2) is 9.76. The van der Waals surface area contributed by atoms with Crippen LogP contribution in [0.25, 0.3) is 17.1 Å². The highest BCUT2D eigenvalue weighted by Crippen LogP contribution is 2.28. The van der Waals surface area contributed by atoms with Gasteiger partial charge in [0.15, 0.2) is 11.0 Å². The van der Waals surface area contributed by atoms with Crippen molar-refractivity contribution < 1.29 is 9.18 Å². The minimum absolute atomic E-state index is 0.152. The molecule has 31 heavy (non-hydrogen) atoms. The van der Waals surface area contributed by atoms with E-state index in [1.807, 2.05) is 47.0 Å². The van der Waals surface area contributed by atoms with Crippen LogP contribution in [-0.4, -0.2) is 26.4 Å². The number of thioether (sulfide) groups is 1. The Bertz CT molecular complexity index is 1160. The summed E-state index contributed by atoms with van der Waals surface area (Å²) < 4.78 is 14.9. The minimum atomic E-state index is -0.304. The Hall–Kier alpha value is -3.16. The van der Waals surface area contributed by atoms with Gasteiger partial charge in [-0.2, -0.15) is 0 Å². The van der Waals surface area contributed by atoms with Crippen molar-refractivity contribution in [2.24, 2.45) is 0 Å². The van der Waals surface area contributed by atoms with Crippen LogP contribution < -0.4 is 5.32 Å². The fraction of sp³-hybridized carbons (Fsp3) is 0.0870. The Kier molecular flexibility index (Phi) is 6.64. The lowest BCUT2D eigenvalue weighted by Gasteiger charge is -2.11. The van der Waals surface area contributed by atoms with Gasteiger partial charge in [0.25, 0.3) is 0 Å². The van der Waals surface area contributed by atoms with Crippen LogP contribution in [0.2, 0.25) is 5.02 Å². The molecule has 0 saturated heterocycles. The van der Waals surface area contributed by atoms with E-state index in [0.717, 1.165) is 16.8 Å². The average Bonchev–Trinajstić information content (AvgIpc) is 3.22. The molecule has 0 spiro atoms. The van der Waals surface area contributed by atoms with E-state index in [4.69, 9.17) is 11.6 Å². The molecule has 0 unspecified atom stereocenters. The summed E-state index contributed by atoms with van der Waals surface area (Å²) in [6.45, 7) is 0.332. The second-order valence-electron chi connectivity index (χ2n) is 6.68. The number of rotatable bonds is 7. The highest BCUT2D eigenvalue weighted by atomic mass is 35.5. The van der Waals surface area contributed by atoms with Crippen LogP contribution in [0.1, 0.15) is 5.56 Å².